The van der Waals surface area contributed by atoms with E-state index in [4.69, 9.17) is 5.11 Å². The number of aliphatic carboxylic acids is 1. The number of ketones is 2. The fourth-order valence-electron chi connectivity index (χ4n) is 10.5. The smallest absolute Gasteiger partial charge is 0.303 e. The lowest BCUT2D eigenvalue weighted by Crippen LogP contribution is -2.42. The molecule has 2 heterocycles. The van der Waals surface area contributed by atoms with Gasteiger partial charge in [-0.1, -0.05) is 32.1 Å². The van der Waals surface area contributed by atoms with Gasteiger partial charge in [0.25, 0.3) is 30.4 Å². The molecule has 0 aromatic heterocycles. The summed E-state index contributed by atoms with van der Waals surface area (Å²) in [5.74, 6) is -5.09. The molecule has 0 saturated carbocycles. The summed E-state index contributed by atoms with van der Waals surface area (Å²) in [6.45, 7) is 7.02. The quantitative estimate of drug-likeness (QED) is 0.0249. The van der Waals surface area contributed by atoms with Crippen LogP contribution in [0.4, 0.5) is 20.2 Å². The van der Waals surface area contributed by atoms with Crippen LogP contribution in [0.2, 0.25) is 0 Å². The maximum absolute atomic E-state index is 15.3. The second kappa shape index (κ2) is 22.6. The summed E-state index contributed by atoms with van der Waals surface area (Å²) in [6, 6.07) is 17.6. The van der Waals surface area contributed by atoms with Crippen molar-refractivity contribution in [3.05, 3.63) is 166 Å². The number of carbonyl (C=O) groups excluding carboxylic acids is 2. The summed E-state index contributed by atoms with van der Waals surface area (Å²) < 4.78 is 161. The van der Waals surface area contributed by atoms with Gasteiger partial charge >= 0.3 is 5.97 Å². The fraction of sp³-hybridized carbons (Fsp3) is 0.345. The molecule has 0 bridgehead atoms. The van der Waals surface area contributed by atoms with E-state index >= 15 is 9.59 Å². The number of anilines is 1. The van der Waals surface area contributed by atoms with Gasteiger partial charge in [-0.25, -0.2) is 21.5 Å². The highest BCUT2D eigenvalue weighted by Crippen LogP contribution is 2.50. The highest BCUT2D eigenvalue weighted by Gasteiger charge is 2.50. The van der Waals surface area contributed by atoms with E-state index in [1.807, 2.05) is 0 Å². The van der Waals surface area contributed by atoms with Gasteiger partial charge in [-0.15, -0.1) is 0 Å². The maximum atomic E-state index is 15.3. The van der Waals surface area contributed by atoms with Crippen molar-refractivity contribution in [3.63, 3.8) is 0 Å². The summed E-state index contributed by atoms with van der Waals surface area (Å²) in [6.07, 6.45) is 7.37. The highest BCUT2D eigenvalue weighted by molar-refractivity contribution is 7.89. The minimum Gasteiger partial charge on any atom is -0.481 e. The van der Waals surface area contributed by atoms with Crippen LogP contribution in [0.5, 0.6) is 0 Å². The van der Waals surface area contributed by atoms with Crippen molar-refractivity contribution >= 4 is 75.0 Å². The number of benzene rings is 4. The third-order valence-electron chi connectivity index (χ3n) is 14.5. The van der Waals surface area contributed by atoms with Crippen LogP contribution < -0.4 is 4.90 Å². The van der Waals surface area contributed by atoms with Gasteiger partial charge in [-0.05, 0) is 141 Å². The first-order valence-corrected chi connectivity index (χ1v) is 30.9. The number of nitrogens with zero attached hydrogens (tertiary/aromatic N) is 3. The van der Waals surface area contributed by atoms with Gasteiger partial charge < -0.3 is 10.0 Å². The molecule has 422 valence electrons. The maximum Gasteiger partial charge on any atom is 0.303 e. The molecule has 4 aromatic rings. The SMILES string of the molecule is CN(CCCC(=O)O)S(=O)(=O)c1ccc2c(c1)C(C)(C)C(/C=C/C1=CC(=C/C=C3/N(CCCS(=O)(=O)O)c4ccc(S(=O)(=O)O)cc4C3(C)C)/CC(C(=O)c3ccc(F)cc3)(C(=O)c3ccc(F)cc3)C1)=[N+]2CCCS(=O)(=O)O. The molecule has 1 aliphatic carbocycles. The summed E-state index contributed by atoms with van der Waals surface area (Å²) in [5.41, 5.74) is -0.623. The molecule has 79 heavy (non-hydrogen) atoms. The Bertz CT molecular complexity index is 3700. The van der Waals surface area contributed by atoms with Crippen LogP contribution in [0.15, 0.2) is 142 Å². The van der Waals surface area contributed by atoms with Crippen molar-refractivity contribution in [2.24, 2.45) is 5.41 Å². The number of allylic oxidation sites excluding steroid dienone is 8. The molecule has 0 radical (unpaired) electrons. The topological polar surface area (TPSA) is 278 Å². The number of sulfonamides is 1. The molecule has 0 atom stereocenters. The average Bonchev–Trinajstić information content (AvgIpc) is 3.98. The van der Waals surface area contributed by atoms with Crippen molar-refractivity contribution in [3.8, 4) is 0 Å². The second-order valence-electron chi connectivity index (χ2n) is 20.8. The van der Waals surface area contributed by atoms with E-state index in [1.54, 1.807) is 73.6 Å². The van der Waals surface area contributed by atoms with E-state index in [0.717, 1.165) is 28.6 Å². The first kappa shape index (κ1) is 60.3. The molecule has 18 nitrogen and oxygen atoms in total. The van der Waals surface area contributed by atoms with Gasteiger partial charge in [-0.2, -0.15) is 29.8 Å². The van der Waals surface area contributed by atoms with Crippen molar-refractivity contribution in [1.82, 2.24) is 4.31 Å². The van der Waals surface area contributed by atoms with E-state index in [2.05, 4.69) is 0 Å². The predicted molar refractivity (Wildman–Crippen MR) is 291 cm³/mol. The van der Waals surface area contributed by atoms with Gasteiger partial charge in [0.15, 0.2) is 17.3 Å². The number of carboxylic acid groups (broad SMARTS) is 1. The van der Waals surface area contributed by atoms with Gasteiger partial charge in [0.2, 0.25) is 15.7 Å². The molecule has 0 saturated heterocycles. The Morgan fingerprint density at radius 1 is 0.684 bits per heavy atom. The monoisotopic (exact) mass is 1170 g/mol. The van der Waals surface area contributed by atoms with Gasteiger partial charge in [0.05, 0.1) is 26.7 Å². The molecular formula is C55H60F2N3O15S4+. The molecule has 0 spiro atoms. The third-order valence-corrected chi connectivity index (χ3v) is 18.9. The Balaban J connectivity index is 1.42. The number of halogens is 2. The van der Waals surface area contributed by atoms with Crippen LogP contribution in [0, 0.1) is 17.0 Å². The van der Waals surface area contributed by atoms with Crippen molar-refractivity contribution < 1.29 is 80.2 Å². The number of fused-ring (bicyclic) bond motifs is 2. The van der Waals surface area contributed by atoms with Gasteiger partial charge in [0.1, 0.15) is 23.6 Å². The van der Waals surface area contributed by atoms with Gasteiger partial charge in [-0.3, -0.25) is 28.0 Å². The number of carboxylic acids is 1. The summed E-state index contributed by atoms with van der Waals surface area (Å²) >= 11 is 0. The van der Waals surface area contributed by atoms with E-state index in [1.165, 1.54) is 61.6 Å². The first-order chi connectivity index (χ1) is 36.7. The van der Waals surface area contributed by atoms with Crippen LogP contribution in [-0.4, -0.2) is 123 Å². The van der Waals surface area contributed by atoms with Crippen LogP contribution in [-0.2, 0) is 56.0 Å². The zero-order valence-corrected chi connectivity index (χ0v) is 47.0. The third kappa shape index (κ3) is 13.3. The molecular weight excluding hydrogens is 1110 g/mol. The summed E-state index contributed by atoms with van der Waals surface area (Å²) in [7, 11) is -16.4. The lowest BCUT2D eigenvalue weighted by Gasteiger charge is -2.35. The highest BCUT2D eigenvalue weighted by atomic mass is 32.2. The fourth-order valence-corrected chi connectivity index (χ4v) is 13.3. The van der Waals surface area contributed by atoms with Gasteiger partial charge in [0, 0.05) is 78.6 Å². The van der Waals surface area contributed by atoms with Crippen LogP contribution >= 0.6 is 0 Å². The number of hydrogen-bond donors (Lipinski definition) is 4. The Morgan fingerprint density at radius 2 is 1.24 bits per heavy atom. The normalized spacial score (nSPS) is 18.1. The number of Topliss-reactive ketones (excluding diaryl/α,β-unsaturated/α-hetero) is 2. The van der Waals surface area contributed by atoms with Crippen LogP contribution in [0.25, 0.3) is 0 Å². The summed E-state index contributed by atoms with van der Waals surface area (Å²) in [4.78, 5) is 43.0. The van der Waals surface area contributed by atoms with E-state index in [-0.39, 0.29) is 74.2 Å². The molecule has 24 heteroatoms. The molecule has 0 fully saturated rings. The second-order valence-corrected chi connectivity index (χ2v) is 27.4. The zero-order chi connectivity index (χ0) is 58.3. The van der Waals surface area contributed by atoms with Crippen molar-refractivity contribution in [2.75, 3.05) is 43.1 Å². The lowest BCUT2D eigenvalue weighted by atomic mass is 9.64. The van der Waals surface area contributed by atoms with E-state index in [0.29, 0.717) is 45.1 Å². The Hall–Kier alpha value is -6.38. The minimum absolute atomic E-state index is 0.00443. The molecule has 3 aliphatic rings. The lowest BCUT2D eigenvalue weighted by molar-refractivity contribution is -0.437. The number of carbonyl (C=O) groups is 3. The first-order valence-electron chi connectivity index (χ1n) is 24.8. The largest absolute Gasteiger partial charge is 0.481 e. The Kier molecular flexibility index (Phi) is 17.3. The van der Waals surface area contributed by atoms with Crippen molar-refractivity contribution in [1.29, 1.82) is 0 Å². The molecule has 4 aromatic carbocycles. The predicted octanol–water partition coefficient (Wildman–Crippen LogP) is 8.27. The molecule has 4 N–H and O–H groups in total. The summed E-state index contributed by atoms with van der Waals surface area (Å²) in [5, 5.41) is 9.15. The van der Waals surface area contributed by atoms with Crippen LogP contribution in [0.1, 0.15) is 98.1 Å². The molecule has 2 aliphatic heterocycles. The number of rotatable bonds is 22. The average molecular weight is 1170 g/mol. The standard InChI is InChI=1S/C55H59F2N3O15S4/c1-53(2)44-32-42(78(71,72)58(5)26-6-9-50(61)62)20-22-46(44)59(27-7-29-76(65,66)67)48(53)24-10-36-31-37(35-55(34-36,51(63)38-12-16-40(56)17-13-38)52(64)39-14-18-41(57)19-15-39)11-25-49-54(3,4)45-33-43(79(73,74)75)21-23-47(45)60(49)28-8-30-77(68,69)70/h10-25,31-33H,6-9,26-30,34-35H2,1-5H3,(H3-,61,62,65,66,67,68,69,70,73,74,75)/p+1. The van der Waals surface area contributed by atoms with Crippen molar-refractivity contribution in [2.45, 2.75) is 86.8 Å². The molecule has 0 unspecified atom stereocenters. The zero-order valence-electron chi connectivity index (χ0n) is 43.8. The molecule has 7 rings (SSSR count). The molecule has 0 amide bonds. The number of hydrogen-bond acceptors (Lipinski definition) is 12. The Morgan fingerprint density at radius 3 is 1.80 bits per heavy atom. The van der Waals surface area contributed by atoms with Crippen LogP contribution in [0.3, 0.4) is 0 Å². The minimum atomic E-state index is -4.69. The van der Waals surface area contributed by atoms with E-state index < -0.39 is 102 Å². The van der Waals surface area contributed by atoms with E-state index in [9.17, 15) is 60.9 Å². The Labute approximate surface area is 458 Å².